The fourth-order valence-electron chi connectivity index (χ4n) is 1.61. The van der Waals surface area contributed by atoms with Gasteiger partial charge in [-0.3, -0.25) is 10.2 Å². The van der Waals surface area contributed by atoms with Crippen molar-refractivity contribution in [3.05, 3.63) is 64.4 Å². The Kier molecular flexibility index (Phi) is 5.37. The van der Waals surface area contributed by atoms with Gasteiger partial charge in [0.15, 0.2) is 0 Å². The molecule has 0 heterocycles. The van der Waals surface area contributed by atoms with E-state index in [2.05, 4.69) is 10.9 Å². The fourth-order valence-corrected chi connectivity index (χ4v) is 1.83. The van der Waals surface area contributed by atoms with Gasteiger partial charge in [0, 0.05) is 11.1 Å². The van der Waals surface area contributed by atoms with Crippen LogP contribution in [0.3, 0.4) is 0 Å². The van der Waals surface area contributed by atoms with Crippen molar-refractivity contribution in [2.45, 2.75) is 6.61 Å². The van der Waals surface area contributed by atoms with Crippen LogP contribution in [0.15, 0.2) is 42.5 Å². The van der Waals surface area contributed by atoms with E-state index in [0.717, 1.165) is 6.07 Å². The normalized spacial score (nSPS) is 10.0. The molecule has 8 heteroatoms. The Bertz CT molecular complexity index is 722. The van der Waals surface area contributed by atoms with Crippen molar-refractivity contribution in [3.8, 4) is 5.75 Å². The Morgan fingerprint density at radius 1 is 1.13 bits per heavy atom. The molecular formula is C15H12ClFN2O4. The first-order chi connectivity index (χ1) is 11.0. The average molecular weight is 339 g/mol. The maximum Gasteiger partial charge on any atom is 0.426 e. The molecule has 0 aliphatic heterocycles. The Hall–Kier alpha value is -2.80. The molecule has 0 saturated carbocycles. The Balaban J connectivity index is 1.81. The van der Waals surface area contributed by atoms with E-state index in [9.17, 15) is 14.0 Å². The number of carbonyl (C=O) groups is 2. The van der Waals surface area contributed by atoms with Crippen molar-refractivity contribution in [1.29, 1.82) is 0 Å². The summed E-state index contributed by atoms with van der Waals surface area (Å²) in [6.45, 7) is -0.181. The standard InChI is InChI=1S/C15H12ClFN2O4/c16-13-7-11(17)4-1-10(13)8-23-15(22)19-18-14(21)9-2-5-12(20)6-3-9/h1-7,20H,8H2,(H,18,21)(H,19,22). The maximum atomic E-state index is 12.9. The Morgan fingerprint density at radius 3 is 2.48 bits per heavy atom. The summed E-state index contributed by atoms with van der Waals surface area (Å²) in [4.78, 5) is 23.2. The molecule has 2 aromatic rings. The number of hydrogen-bond donors (Lipinski definition) is 3. The molecule has 0 atom stereocenters. The van der Waals surface area contributed by atoms with Crippen molar-refractivity contribution in [1.82, 2.24) is 10.9 Å². The number of halogens is 2. The van der Waals surface area contributed by atoms with Crippen LogP contribution >= 0.6 is 11.6 Å². The van der Waals surface area contributed by atoms with E-state index in [1.54, 1.807) is 0 Å². The van der Waals surface area contributed by atoms with Crippen LogP contribution in [0, 0.1) is 5.82 Å². The van der Waals surface area contributed by atoms with Crippen LogP contribution in [0.4, 0.5) is 9.18 Å². The first-order valence-corrected chi connectivity index (χ1v) is 6.79. The zero-order chi connectivity index (χ0) is 16.8. The molecule has 0 radical (unpaired) electrons. The second-order valence-electron chi connectivity index (χ2n) is 4.44. The van der Waals surface area contributed by atoms with Gasteiger partial charge < -0.3 is 9.84 Å². The zero-order valence-electron chi connectivity index (χ0n) is 11.7. The first kappa shape index (κ1) is 16.6. The summed E-state index contributed by atoms with van der Waals surface area (Å²) in [6.07, 6.45) is -0.905. The number of nitrogens with one attached hydrogen (secondary N) is 2. The summed E-state index contributed by atoms with van der Waals surface area (Å²) in [7, 11) is 0. The van der Waals surface area contributed by atoms with Gasteiger partial charge in [0.25, 0.3) is 5.91 Å². The molecule has 0 unspecified atom stereocenters. The molecule has 0 spiro atoms. The average Bonchev–Trinajstić information content (AvgIpc) is 2.52. The lowest BCUT2D eigenvalue weighted by Crippen LogP contribution is -2.41. The predicted molar refractivity (Wildman–Crippen MR) is 80.3 cm³/mol. The highest BCUT2D eigenvalue weighted by Gasteiger charge is 2.09. The molecule has 6 nitrogen and oxygen atoms in total. The highest BCUT2D eigenvalue weighted by atomic mass is 35.5. The minimum absolute atomic E-state index is 0.0186. The minimum Gasteiger partial charge on any atom is -0.508 e. The van der Waals surface area contributed by atoms with Crippen molar-refractivity contribution < 1.29 is 23.8 Å². The van der Waals surface area contributed by atoms with Gasteiger partial charge in [0.1, 0.15) is 18.2 Å². The van der Waals surface area contributed by atoms with Crippen molar-refractivity contribution in [2.24, 2.45) is 0 Å². The number of hydrazine groups is 1. The second-order valence-corrected chi connectivity index (χ2v) is 4.85. The molecule has 0 bridgehead atoms. The van der Waals surface area contributed by atoms with Crippen LogP contribution in [-0.2, 0) is 11.3 Å². The highest BCUT2D eigenvalue weighted by molar-refractivity contribution is 6.31. The number of ether oxygens (including phenoxy) is 1. The molecule has 0 saturated heterocycles. The van der Waals surface area contributed by atoms with Crippen LogP contribution in [0.5, 0.6) is 5.75 Å². The molecule has 23 heavy (non-hydrogen) atoms. The van der Waals surface area contributed by atoms with Crippen molar-refractivity contribution >= 4 is 23.6 Å². The summed E-state index contributed by atoms with van der Waals surface area (Å²) >= 11 is 5.79. The fraction of sp³-hybridized carbons (Fsp3) is 0.0667. The maximum absolute atomic E-state index is 12.9. The van der Waals surface area contributed by atoms with Crippen LogP contribution in [0.25, 0.3) is 0 Å². The largest absolute Gasteiger partial charge is 0.508 e. The van der Waals surface area contributed by atoms with Crippen molar-refractivity contribution in [2.75, 3.05) is 0 Å². The Morgan fingerprint density at radius 2 is 1.83 bits per heavy atom. The van der Waals surface area contributed by atoms with E-state index in [0.29, 0.717) is 5.56 Å². The summed E-state index contributed by atoms with van der Waals surface area (Å²) in [5.74, 6) is -1.06. The topological polar surface area (TPSA) is 87.7 Å². The number of rotatable bonds is 3. The van der Waals surface area contributed by atoms with Gasteiger partial charge in [-0.25, -0.2) is 14.6 Å². The van der Waals surface area contributed by atoms with E-state index >= 15 is 0 Å². The van der Waals surface area contributed by atoms with Gasteiger partial charge in [0.2, 0.25) is 0 Å². The molecular weight excluding hydrogens is 327 g/mol. The number of hydrogen-bond acceptors (Lipinski definition) is 4. The summed E-state index contributed by atoms with van der Waals surface area (Å²) < 4.78 is 17.7. The summed E-state index contributed by atoms with van der Waals surface area (Å²) in [6, 6.07) is 9.12. The van der Waals surface area contributed by atoms with Crippen LogP contribution in [0.2, 0.25) is 5.02 Å². The first-order valence-electron chi connectivity index (χ1n) is 6.42. The van der Waals surface area contributed by atoms with Gasteiger partial charge in [-0.15, -0.1) is 0 Å². The molecule has 0 aliphatic rings. The van der Waals surface area contributed by atoms with E-state index in [4.69, 9.17) is 21.4 Å². The number of benzene rings is 2. The molecule has 3 N–H and O–H groups in total. The quantitative estimate of drug-likeness (QED) is 0.751. The number of carbonyl (C=O) groups excluding carboxylic acids is 2. The molecule has 2 rings (SSSR count). The lowest BCUT2D eigenvalue weighted by molar-refractivity contribution is 0.0905. The molecule has 0 fully saturated rings. The summed E-state index contributed by atoms with van der Waals surface area (Å²) in [5.41, 5.74) is 4.86. The van der Waals surface area contributed by atoms with E-state index in [1.807, 2.05) is 0 Å². The minimum atomic E-state index is -0.905. The number of amides is 2. The third-order valence-corrected chi connectivity index (χ3v) is 3.13. The predicted octanol–water partition coefficient (Wildman–Crippen LogP) is 2.76. The Labute approximate surface area is 135 Å². The SMILES string of the molecule is O=C(NNC(=O)c1ccc(O)cc1)OCc1ccc(F)cc1Cl. The lowest BCUT2D eigenvalue weighted by Gasteiger charge is -2.09. The van der Waals surface area contributed by atoms with Crippen LogP contribution in [-0.4, -0.2) is 17.1 Å². The number of phenols is 1. The molecule has 0 aliphatic carbocycles. The van der Waals surface area contributed by atoms with Crippen molar-refractivity contribution in [3.63, 3.8) is 0 Å². The highest BCUT2D eigenvalue weighted by Crippen LogP contribution is 2.17. The van der Waals surface area contributed by atoms with E-state index in [1.165, 1.54) is 36.4 Å². The van der Waals surface area contributed by atoms with Gasteiger partial charge in [-0.2, -0.15) is 0 Å². The van der Waals surface area contributed by atoms with Crippen LogP contribution in [0.1, 0.15) is 15.9 Å². The lowest BCUT2D eigenvalue weighted by atomic mass is 10.2. The second kappa shape index (κ2) is 7.46. The smallest absolute Gasteiger partial charge is 0.426 e. The third kappa shape index (κ3) is 4.86. The molecule has 120 valence electrons. The van der Waals surface area contributed by atoms with Gasteiger partial charge >= 0.3 is 6.09 Å². The van der Waals surface area contributed by atoms with Gasteiger partial charge in [-0.05, 0) is 36.4 Å². The molecule has 0 aromatic heterocycles. The summed E-state index contributed by atoms with van der Waals surface area (Å²) in [5, 5.41) is 9.25. The van der Waals surface area contributed by atoms with Gasteiger partial charge in [0.05, 0.1) is 5.02 Å². The molecule has 2 amide bonds. The van der Waals surface area contributed by atoms with Gasteiger partial charge in [-0.1, -0.05) is 17.7 Å². The van der Waals surface area contributed by atoms with Crippen LogP contribution < -0.4 is 10.9 Å². The number of aromatic hydroxyl groups is 1. The zero-order valence-corrected chi connectivity index (χ0v) is 12.4. The monoisotopic (exact) mass is 338 g/mol. The van der Waals surface area contributed by atoms with E-state index in [-0.39, 0.29) is 22.9 Å². The molecule has 2 aromatic carbocycles. The number of phenolic OH excluding ortho intramolecular Hbond substituents is 1. The third-order valence-electron chi connectivity index (χ3n) is 2.78. The van der Waals surface area contributed by atoms with E-state index < -0.39 is 17.8 Å².